The van der Waals surface area contributed by atoms with E-state index in [2.05, 4.69) is 4.98 Å². The normalized spacial score (nSPS) is 10.8. The van der Waals surface area contributed by atoms with Crippen LogP contribution in [0.25, 0.3) is 22.6 Å². The Morgan fingerprint density at radius 2 is 1.38 bits per heavy atom. The number of nitrogens with zero attached hydrogens (tertiary/aromatic N) is 1. The first-order chi connectivity index (χ1) is 10.2. The van der Waals surface area contributed by atoms with Gasteiger partial charge in [-0.1, -0.05) is 42.3 Å². The third-order valence-corrected chi connectivity index (χ3v) is 3.70. The van der Waals surface area contributed by atoms with Crippen molar-refractivity contribution < 1.29 is 4.42 Å². The lowest BCUT2D eigenvalue weighted by Crippen LogP contribution is -1.83. The standard InChI is InChI=1S/C17H13Cl2NO/c1-2-15-20-16(11-3-7-13(18)8-4-11)17(21-15)12-5-9-14(19)10-6-12/h3-10H,2H2,1H3. The Bertz CT molecular complexity index is 682. The predicted molar refractivity (Wildman–Crippen MR) is 86.8 cm³/mol. The Hall–Kier alpha value is -1.77. The van der Waals surface area contributed by atoms with Crippen molar-refractivity contribution in [3.63, 3.8) is 0 Å². The van der Waals surface area contributed by atoms with Crippen LogP contribution in [0.2, 0.25) is 10.0 Å². The molecule has 3 aromatic rings. The van der Waals surface area contributed by atoms with Gasteiger partial charge in [0.15, 0.2) is 11.7 Å². The molecular formula is C17H13Cl2NO. The van der Waals surface area contributed by atoms with Crippen molar-refractivity contribution in [1.29, 1.82) is 0 Å². The van der Waals surface area contributed by atoms with Gasteiger partial charge in [0.1, 0.15) is 5.69 Å². The molecule has 0 amide bonds. The van der Waals surface area contributed by atoms with E-state index in [4.69, 9.17) is 27.6 Å². The molecule has 1 heterocycles. The minimum Gasteiger partial charge on any atom is -0.440 e. The van der Waals surface area contributed by atoms with E-state index in [1.54, 1.807) is 0 Å². The van der Waals surface area contributed by atoms with Gasteiger partial charge in [0, 0.05) is 27.6 Å². The minimum absolute atomic E-state index is 0.696. The second-order valence-electron chi connectivity index (χ2n) is 4.65. The molecule has 0 bridgehead atoms. The van der Waals surface area contributed by atoms with Crippen molar-refractivity contribution in [2.45, 2.75) is 13.3 Å². The van der Waals surface area contributed by atoms with E-state index in [1.165, 1.54) is 0 Å². The number of benzene rings is 2. The molecule has 0 aliphatic heterocycles. The maximum Gasteiger partial charge on any atom is 0.195 e. The zero-order valence-electron chi connectivity index (χ0n) is 11.4. The van der Waals surface area contributed by atoms with Gasteiger partial charge in [-0.15, -0.1) is 0 Å². The van der Waals surface area contributed by atoms with Crippen molar-refractivity contribution in [2.75, 3.05) is 0 Å². The van der Waals surface area contributed by atoms with Crippen molar-refractivity contribution in [3.8, 4) is 22.6 Å². The Balaban J connectivity index is 2.13. The summed E-state index contributed by atoms with van der Waals surface area (Å²) in [6, 6.07) is 15.1. The second-order valence-corrected chi connectivity index (χ2v) is 5.53. The molecule has 2 nitrogen and oxygen atoms in total. The largest absolute Gasteiger partial charge is 0.440 e. The highest BCUT2D eigenvalue weighted by Gasteiger charge is 2.16. The molecule has 3 rings (SSSR count). The number of hydrogen-bond acceptors (Lipinski definition) is 2. The monoisotopic (exact) mass is 317 g/mol. The molecule has 4 heteroatoms. The lowest BCUT2D eigenvalue weighted by atomic mass is 10.1. The molecule has 0 saturated heterocycles. The third-order valence-electron chi connectivity index (χ3n) is 3.20. The SMILES string of the molecule is CCc1nc(-c2ccc(Cl)cc2)c(-c2ccc(Cl)cc2)o1. The Morgan fingerprint density at radius 1 is 0.857 bits per heavy atom. The number of hydrogen-bond donors (Lipinski definition) is 0. The summed E-state index contributed by atoms with van der Waals surface area (Å²) in [6.45, 7) is 2.02. The van der Waals surface area contributed by atoms with E-state index in [1.807, 2.05) is 55.5 Å². The summed E-state index contributed by atoms with van der Waals surface area (Å²) in [5, 5.41) is 1.40. The maximum absolute atomic E-state index is 5.95. The van der Waals surface area contributed by atoms with Crippen LogP contribution in [0, 0.1) is 0 Å². The summed E-state index contributed by atoms with van der Waals surface area (Å²) in [7, 11) is 0. The lowest BCUT2D eigenvalue weighted by Gasteiger charge is -2.02. The topological polar surface area (TPSA) is 26.0 Å². The van der Waals surface area contributed by atoms with Gasteiger partial charge < -0.3 is 4.42 Å². The highest BCUT2D eigenvalue weighted by atomic mass is 35.5. The molecule has 106 valence electrons. The Labute approximate surface area is 133 Å². The van der Waals surface area contributed by atoms with Gasteiger partial charge in [-0.25, -0.2) is 4.98 Å². The van der Waals surface area contributed by atoms with Crippen LogP contribution in [0.4, 0.5) is 0 Å². The summed E-state index contributed by atoms with van der Waals surface area (Å²) in [5.74, 6) is 1.47. The number of halogens is 2. The van der Waals surface area contributed by atoms with Gasteiger partial charge >= 0.3 is 0 Å². The number of aromatic nitrogens is 1. The van der Waals surface area contributed by atoms with Gasteiger partial charge in [-0.2, -0.15) is 0 Å². The van der Waals surface area contributed by atoms with E-state index in [0.29, 0.717) is 15.9 Å². The summed E-state index contributed by atoms with van der Waals surface area (Å²) < 4.78 is 5.89. The molecular weight excluding hydrogens is 305 g/mol. The molecule has 21 heavy (non-hydrogen) atoms. The highest BCUT2D eigenvalue weighted by molar-refractivity contribution is 6.31. The second kappa shape index (κ2) is 5.92. The molecule has 1 aromatic heterocycles. The quantitative estimate of drug-likeness (QED) is 0.603. The van der Waals surface area contributed by atoms with Crippen LogP contribution in [0.1, 0.15) is 12.8 Å². The molecule has 0 aliphatic rings. The number of aryl methyl sites for hydroxylation is 1. The fourth-order valence-electron chi connectivity index (χ4n) is 2.12. The van der Waals surface area contributed by atoms with Crippen LogP contribution in [0.15, 0.2) is 52.9 Å². The number of oxazole rings is 1. The van der Waals surface area contributed by atoms with E-state index in [9.17, 15) is 0 Å². The van der Waals surface area contributed by atoms with Crippen LogP contribution in [0.5, 0.6) is 0 Å². The molecule has 0 fully saturated rings. The summed E-state index contributed by atoms with van der Waals surface area (Å²) >= 11 is 11.9. The molecule has 0 spiro atoms. The maximum atomic E-state index is 5.95. The first kappa shape index (κ1) is 14.2. The van der Waals surface area contributed by atoms with Gasteiger partial charge in [0.2, 0.25) is 0 Å². The summed E-state index contributed by atoms with van der Waals surface area (Å²) in [4.78, 5) is 4.58. The fourth-order valence-corrected chi connectivity index (χ4v) is 2.37. The van der Waals surface area contributed by atoms with Gasteiger partial charge in [0.05, 0.1) is 0 Å². The molecule has 0 N–H and O–H groups in total. The average Bonchev–Trinajstić information content (AvgIpc) is 2.93. The van der Waals surface area contributed by atoms with Crippen molar-refractivity contribution >= 4 is 23.2 Å². The summed E-state index contributed by atoms with van der Waals surface area (Å²) in [6.07, 6.45) is 0.744. The van der Waals surface area contributed by atoms with Crippen LogP contribution in [-0.4, -0.2) is 4.98 Å². The van der Waals surface area contributed by atoms with E-state index >= 15 is 0 Å². The van der Waals surface area contributed by atoms with Gasteiger partial charge in [-0.05, 0) is 36.4 Å². The van der Waals surface area contributed by atoms with Gasteiger partial charge in [-0.3, -0.25) is 0 Å². The molecule has 0 unspecified atom stereocenters. The fraction of sp³-hybridized carbons (Fsp3) is 0.118. The molecule has 0 saturated carbocycles. The van der Waals surface area contributed by atoms with Crippen molar-refractivity contribution in [3.05, 3.63) is 64.5 Å². The molecule has 0 radical (unpaired) electrons. The smallest absolute Gasteiger partial charge is 0.195 e. The highest BCUT2D eigenvalue weighted by Crippen LogP contribution is 2.33. The van der Waals surface area contributed by atoms with E-state index in [0.717, 1.165) is 29.0 Å². The van der Waals surface area contributed by atoms with Crippen molar-refractivity contribution in [1.82, 2.24) is 4.98 Å². The Morgan fingerprint density at radius 3 is 1.90 bits per heavy atom. The first-order valence-corrected chi connectivity index (χ1v) is 7.44. The van der Waals surface area contributed by atoms with E-state index in [-0.39, 0.29) is 0 Å². The van der Waals surface area contributed by atoms with Crippen LogP contribution in [0.3, 0.4) is 0 Å². The Kier molecular flexibility index (Phi) is 4.00. The van der Waals surface area contributed by atoms with Crippen LogP contribution < -0.4 is 0 Å². The first-order valence-electron chi connectivity index (χ1n) is 6.69. The van der Waals surface area contributed by atoms with Gasteiger partial charge in [0.25, 0.3) is 0 Å². The van der Waals surface area contributed by atoms with Crippen molar-refractivity contribution in [2.24, 2.45) is 0 Å². The zero-order chi connectivity index (χ0) is 14.8. The molecule has 2 aromatic carbocycles. The molecule has 0 atom stereocenters. The minimum atomic E-state index is 0.696. The lowest BCUT2D eigenvalue weighted by molar-refractivity contribution is 0.514. The van der Waals surface area contributed by atoms with Crippen LogP contribution >= 0.6 is 23.2 Å². The predicted octanol–water partition coefficient (Wildman–Crippen LogP) is 5.88. The summed E-state index contributed by atoms with van der Waals surface area (Å²) in [5.41, 5.74) is 2.76. The molecule has 0 aliphatic carbocycles. The zero-order valence-corrected chi connectivity index (χ0v) is 12.9. The van der Waals surface area contributed by atoms with Crippen LogP contribution in [-0.2, 0) is 6.42 Å². The average molecular weight is 318 g/mol. The van der Waals surface area contributed by atoms with E-state index < -0.39 is 0 Å². The third kappa shape index (κ3) is 2.97. The number of rotatable bonds is 3.